The Hall–Kier alpha value is -5.16. The molecule has 0 amide bonds. The summed E-state index contributed by atoms with van der Waals surface area (Å²) >= 11 is 0. The van der Waals surface area contributed by atoms with Crippen molar-refractivity contribution in [2.45, 2.75) is 128 Å². The van der Waals surface area contributed by atoms with Crippen LogP contribution in [0.4, 0.5) is 0 Å². The molecule has 0 heterocycles. The first-order valence-electron chi connectivity index (χ1n) is 22.0. The highest BCUT2D eigenvalue weighted by atomic mass is 16.3. The number of nitrogens with one attached hydrogen (secondary N) is 2. The zero-order valence-corrected chi connectivity index (χ0v) is 37.1. The first kappa shape index (κ1) is 42.9. The second kappa shape index (κ2) is 17.4. The summed E-state index contributed by atoms with van der Waals surface area (Å²) in [6.45, 7) is 19.1. The molecule has 312 valence electrons. The Morgan fingerprint density at radius 1 is 0.417 bits per heavy atom. The molecule has 1 unspecified atom stereocenters. The van der Waals surface area contributed by atoms with Gasteiger partial charge in [-0.05, 0) is 70.9 Å². The molecule has 0 aromatic heterocycles. The minimum atomic E-state index is -0.572. The van der Waals surface area contributed by atoms with Gasteiger partial charge in [0.15, 0.2) is 0 Å². The molecular weight excluding hydrogens is 733 g/mol. The molecule has 2 atom stereocenters. The van der Waals surface area contributed by atoms with E-state index in [1.807, 2.05) is 0 Å². The van der Waals surface area contributed by atoms with Crippen molar-refractivity contribution in [3.05, 3.63) is 201 Å². The number of aromatic hydroxyl groups is 2. The molecule has 6 aromatic rings. The van der Waals surface area contributed by atoms with E-state index in [0.29, 0.717) is 24.6 Å². The molecular formula is C56H66N2O2. The molecule has 0 bridgehead atoms. The van der Waals surface area contributed by atoms with Crippen LogP contribution in [0.25, 0.3) is 0 Å². The van der Waals surface area contributed by atoms with Gasteiger partial charge in [-0.15, -0.1) is 0 Å². The fourth-order valence-corrected chi connectivity index (χ4v) is 9.43. The van der Waals surface area contributed by atoms with Crippen LogP contribution in [-0.4, -0.2) is 22.3 Å². The first-order chi connectivity index (χ1) is 28.6. The molecule has 4 nitrogen and oxygen atoms in total. The number of rotatable bonds is 12. The zero-order valence-electron chi connectivity index (χ0n) is 37.1. The van der Waals surface area contributed by atoms with Crippen molar-refractivity contribution in [1.29, 1.82) is 0 Å². The predicted molar refractivity (Wildman–Crippen MR) is 250 cm³/mol. The monoisotopic (exact) mass is 799 g/mol. The second-order valence-electron chi connectivity index (χ2n) is 19.5. The van der Waals surface area contributed by atoms with Crippen LogP contribution in [0.15, 0.2) is 146 Å². The maximum atomic E-state index is 12.4. The van der Waals surface area contributed by atoms with Gasteiger partial charge in [-0.3, -0.25) is 0 Å². The Morgan fingerprint density at radius 2 is 0.700 bits per heavy atom. The molecule has 0 saturated heterocycles. The van der Waals surface area contributed by atoms with Gasteiger partial charge >= 0.3 is 0 Å². The van der Waals surface area contributed by atoms with E-state index >= 15 is 0 Å². The van der Waals surface area contributed by atoms with Crippen molar-refractivity contribution in [1.82, 2.24) is 10.6 Å². The van der Waals surface area contributed by atoms with Gasteiger partial charge in [0.1, 0.15) is 11.5 Å². The van der Waals surface area contributed by atoms with Crippen molar-refractivity contribution in [3.8, 4) is 11.5 Å². The van der Waals surface area contributed by atoms with E-state index in [1.54, 1.807) is 0 Å². The number of benzene rings is 6. The maximum absolute atomic E-state index is 12.4. The fraction of sp³-hybridized carbons (Fsp3) is 0.357. The number of hydrogen-bond donors (Lipinski definition) is 4. The summed E-state index contributed by atoms with van der Waals surface area (Å²) < 4.78 is 0. The van der Waals surface area contributed by atoms with E-state index in [1.165, 1.54) is 11.1 Å². The van der Waals surface area contributed by atoms with Crippen LogP contribution in [0, 0.1) is 0 Å². The Bertz CT molecular complexity index is 2090. The summed E-state index contributed by atoms with van der Waals surface area (Å²) in [5, 5.41) is 32.7. The van der Waals surface area contributed by atoms with Gasteiger partial charge < -0.3 is 20.8 Å². The van der Waals surface area contributed by atoms with Crippen molar-refractivity contribution >= 4 is 0 Å². The van der Waals surface area contributed by atoms with Crippen LogP contribution in [0.1, 0.15) is 137 Å². The summed E-state index contributed by atoms with van der Waals surface area (Å²) in [6.07, 6.45) is 4.37. The number of hydrogen-bond acceptors (Lipinski definition) is 4. The van der Waals surface area contributed by atoms with E-state index < -0.39 is 10.8 Å². The second-order valence-corrected chi connectivity index (χ2v) is 19.5. The van der Waals surface area contributed by atoms with Crippen molar-refractivity contribution in [3.63, 3.8) is 0 Å². The maximum Gasteiger partial charge on any atom is 0.124 e. The molecule has 4 N–H and O–H groups in total. The van der Waals surface area contributed by atoms with E-state index in [9.17, 15) is 10.2 Å². The minimum Gasteiger partial charge on any atom is -0.507 e. The Balaban J connectivity index is 1.21. The van der Waals surface area contributed by atoms with Crippen molar-refractivity contribution in [2.75, 3.05) is 0 Å². The number of phenols is 2. The lowest BCUT2D eigenvalue weighted by molar-refractivity contribution is 0.279. The third-order valence-corrected chi connectivity index (χ3v) is 13.5. The van der Waals surface area contributed by atoms with Gasteiger partial charge in [0.05, 0.1) is 0 Å². The van der Waals surface area contributed by atoms with Crippen LogP contribution < -0.4 is 10.6 Å². The van der Waals surface area contributed by atoms with Gasteiger partial charge in [0.2, 0.25) is 0 Å². The first-order valence-corrected chi connectivity index (χ1v) is 22.0. The summed E-state index contributed by atoms with van der Waals surface area (Å²) in [5.74, 6) is 0.699. The molecule has 1 saturated carbocycles. The molecule has 1 aliphatic carbocycles. The molecule has 0 spiro atoms. The van der Waals surface area contributed by atoms with Crippen LogP contribution in [0.3, 0.4) is 0 Å². The van der Waals surface area contributed by atoms with Gasteiger partial charge in [0, 0.05) is 58.3 Å². The molecule has 1 fully saturated rings. The molecule has 0 aliphatic heterocycles. The highest BCUT2D eigenvalue weighted by Crippen LogP contribution is 2.47. The Morgan fingerprint density at radius 3 is 0.967 bits per heavy atom. The predicted octanol–water partition coefficient (Wildman–Crippen LogP) is 12.6. The molecule has 60 heavy (non-hydrogen) atoms. The van der Waals surface area contributed by atoms with E-state index in [4.69, 9.17) is 0 Å². The molecule has 1 aliphatic rings. The van der Waals surface area contributed by atoms with E-state index in [0.717, 1.165) is 70.2 Å². The fourth-order valence-electron chi connectivity index (χ4n) is 9.43. The smallest absolute Gasteiger partial charge is 0.124 e. The van der Waals surface area contributed by atoms with Crippen LogP contribution in [-0.2, 0) is 34.7 Å². The van der Waals surface area contributed by atoms with Crippen LogP contribution >= 0.6 is 0 Å². The molecule has 6 aromatic carbocycles. The van der Waals surface area contributed by atoms with E-state index in [2.05, 4.69) is 212 Å². The lowest BCUT2D eigenvalue weighted by atomic mass is 9.69. The van der Waals surface area contributed by atoms with Crippen LogP contribution in [0.5, 0.6) is 11.5 Å². The van der Waals surface area contributed by atoms with Gasteiger partial charge in [-0.1, -0.05) is 200 Å². The molecule has 0 radical (unpaired) electrons. The van der Waals surface area contributed by atoms with Crippen LogP contribution in [0.2, 0.25) is 0 Å². The third kappa shape index (κ3) is 8.69. The Labute approximate surface area is 360 Å². The third-order valence-electron chi connectivity index (χ3n) is 13.5. The van der Waals surface area contributed by atoms with Gasteiger partial charge in [-0.2, -0.15) is 0 Å². The summed E-state index contributed by atoms with van der Waals surface area (Å²) in [6, 6.07) is 51.6. The van der Waals surface area contributed by atoms with Gasteiger partial charge in [0.25, 0.3) is 0 Å². The number of phenolic OH excluding ortho intramolecular Hbond substituents is 2. The average molecular weight is 799 g/mol. The highest BCUT2D eigenvalue weighted by Gasteiger charge is 2.38. The van der Waals surface area contributed by atoms with Crippen molar-refractivity contribution in [2.24, 2.45) is 0 Å². The highest BCUT2D eigenvalue weighted by molar-refractivity contribution is 5.60. The quantitative estimate of drug-likeness (QED) is 0.0931. The molecule has 4 heteroatoms. The topological polar surface area (TPSA) is 64.5 Å². The molecule has 7 rings (SSSR count). The summed E-state index contributed by atoms with van der Waals surface area (Å²) in [4.78, 5) is 0. The van der Waals surface area contributed by atoms with E-state index in [-0.39, 0.29) is 22.9 Å². The zero-order chi connectivity index (χ0) is 42.7. The van der Waals surface area contributed by atoms with Crippen molar-refractivity contribution < 1.29 is 10.2 Å². The standard InChI is InChI=1S/C56H66N2O2/c1-53(2,3)45-33-39(51(59)47(35-45)55(7,41-23-13-9-14-24-41)42-25-15-10-16-26-42)37-57-49-31-21-22-32-50(49)58-38-40-34-46(54(4,5)6)36-48(52(40)60)56(8,43-27-17-11-18-28-43)44-29-19-12-20-30-44/h9-20,23-30,33-36,49-50,57-60H,21-22,31-32,37-38H2,1-8H3/t49-,50?/m1/s1. The average Bonchev–Trinajstić information content (AvgIpc) is 3.26. The Kier molecular flexibility index (Phi) is 12.5. The SMILES string of the molecule is CC(C)(C)c1cc(CNC2CCCC[C@H]2NCc2cc(C(C)(C)C)cc(C(C)(c3ccccc3)c3ccccc3)c2O)c(O)c(C(C)(c2ccccc2)c2ccccc2)c1. The largest absolute Gasteiger partial charge is 0.507 e. The summed E-state index contributed by atoms with van der Waals surface area (Å²) in [7, 11) is 0. The lowest BCUT2D eigenvalue weighted by Crippen LogP contribution is -2.49. The normalized spacial score (nSPS) is 16.5. The minimum absolute atomic E-state index is 0.125. The van der Waals surface area contributed by atoms with Gasteiger partial charge in [-0.25, -0.2) is 0 Å². The lowest BCUT2D eigenvalue weighted by Gasteiger charge is -2.36. The summed E-state index contributed by atoms with van der Waals surface area (Å²) in [5.41, 5.74) is 9.25.